The number of fused-ring (bicyclic) bond motifs is 1. The van der Waals surface area contributed by atoms with E-state index in [0.29, 0.717) is 17.9 Å². The quantitative estimate of drug-likeness (QED) is 0.673. The van der Waals surface area contributed by atoms with Gasteiger partial charge in [-0.3, -0.25) is 4.79 Å². The van der Waals surface area contributed by atoms with E-state index < -0.39 is 5.82 Å². The number of hydrogen-bond acceptors (Lipinski definition) is 4. The van der Waals surface area contributed by atoms with Gasteiger partial charge in [-0.05, 0) is 29.7 Å². The van der Waals surface area contributed by atoms with Crippen molar-refractivity contribution < 1.29 is 13.9 Å². The molecule has 3 aromatic rings. The van der Waals surface area contributed by atoms with Crippen molar-refractivity contribution in [1.29, 1.82) is 0 Å². The summed E-state index contributed by atoms with van der Waals surface area (Å²) in [7, 11) is 3.35. The summed E-state index contributed by atoms with van der Waals surface area (Å²) < 4.78 is 21.8. The Balaban J connectivity index is 1.67. The second kappa shape index (κ2) is 7.79. The molecule has 4 rings (SSSR count). The lowest BCUT2D eigenvalue weighted by atomic mass is 9.93. The standard InChI is InChI=1S/C23H24FN3O2/c1-14-15(6-4-7-16(14)17-8-5-9-21(29-3)22(17)24)12-20(28)23-26-18-13-25-11-10-19(18)27(23)2/h4-9,25H,10-13H2,1-3H3. The number of rotatable bonds is 5. The smallest absolute Gasteiger partial charge is 0.202 e. The van der Waals surface area contributed by atoms with Crippen molar-refractivity contribution in [2.24, 2.45) is 7.05 Å². The van der Waals surface area contributed by atoms with Crippen LogP contribution in [0.4, 0.5) is 4.39 Å². The third-order valence-electron chi connectivity index (χ3n) is 5.65. The van der Waals surface area contributed by atoms with Gasteiger partial charge in [0, 0.05) is 44.2 Å². The molecule has 0 unspecified atom stereocenters. The summed E-state index contributed by atoms with van der Waals surface area (Å²) in [6.45, 7) is 3.51. The first-order valence-corrected chi connectivity index (χ1v) is 9.71. The summed E-state index contributed by atoms with van der Waals surface area (Å²) in [5, 5.41) is 3.29. The van der Waals surface area contributed by atoms with Crippen LogP contribution in [0.2, 0.25) is 0 Å². The zero-order chi connectivity index (χ0) is 20.5. The Morgan fingerprint density at radius 1 is 1.24 bits per heavy atom. The number of carbonyl (C=O) groups excluding carboxylic acids is 1. The Hall–Kier alpha value is -2.99. The normalized spacial score (nSPS) is 13.2. The maximum absolute atomic E-state index is 14.8. The predicted molar refractivity (Wildman–Crippen MR) is 110 cm³/mol. The number of carbonyl (C=O) groups is 1. The Morgan fingerprint density at radius 3 is 2.76 bits per heavy atom. The van der Waals surface area contributed by atoms with Crippen LogP contribution in [0.1, 0.15) is 33.1 Å². The van der Waals surface area contributed by atoms with Gasteiger partial charge in [-0.15, -0.1) is 0 Å². The monoisotopic (exact) mass is 393 g/mol. The maximum atomic E-state index is 14.8. The number of imidazole rings is 1. The molecule has 0 radical (unpaired) electrons. The number of hydrogen-bond donors (Lipinski definition) is 1. The third-order valence-corrected chi connectivity index (χ3v) is 5.65. The molecule has 0 aliphatic carbocycles. The first-order valence-electron chi connectivity index (χ1n) is 9.71. The van der Waals surface area contributed by atoms with Gasteiger partial charge in [-0.1, -0.05) is 30.3 Å². The molecule has 5 nitrogen and oxygen atoms in total. The molecular weight excluding hydrogens is 369 g/mol. The molecule has 1 aromatic heterocycles. The molecule has 29 heavy (non-hydrogen) atoms. The lowest BCUT2D eigenvalue weighted by molar-refractivity contribution is 0.0979. The molecule has 1 aliphatic heterocycles. The molecule has 1 aliphatic rings. The van der Waals surface area contributed by atoms with Crippen LogP contribution in [0.15, 0.2) is 36.4 Å². The molecule has 1 N–H and O–H groups in total. The van der Waals surface area contributed by atoms with Gasteiger partial charge in [0.15, 0.2) is 17.4 Å². The van der Waals surface area contributed by atoms with E-state index in [1.165, 1.54) is 7.11 Å². The van der Waals surface area contributed by atoms with Crippen molar-refractivity contribution in [2.45, 2.75) is 26.3 Å². The summed E-state index contributed by atoms with van der Waals surface area (Å²) in [6, 6.07) is 10.7. The second-order valence-electron chi connectivity index (χ2n) is 7.33. The van der Waals surface area contributed by atoms with Crippen molar-refractivity contribution >= 4 is 5.78 Å². The highest BCUT2D eigenvalue weighted by Crippen LogP contribution is 2.32. The predicted octanol–water partition coefficient (Wildman–Crippen LogP) is 3.61. The number of aromatic nitrogens is 2. The molecule has 0 amide bonds. The van der Waals surface area contributed by atoms with Crippen molar-refractivity contribution in [3.63, 3.8) is 0 Å². The first-order chi connectivity index (χ1) is 14.0. The Kier molecular flexibility index (Phi) is 5.20. The van der Waals surface area contributed by atoms with Crippen molar-refractivity contribution in [2.75, 3.05) is 13.7 Å². The van der Waals surface area contributed by atoms with E-state index in [-0.39, 0.29) is 18.0 Å². The molecule has 0 bridgehead atoms. The summed E-state index contributed by atoms with van der Waals surface area (Å²) in [5.74, 6) is 0.255. The summed E-state index contributed by atoms with van der Waals surface area (Å²) >= 11 is 0. The highest BCUT2D eigenvalue weighted by molar-refractivity contribution is 5.95. The van der Waals surface area contributed by atoms with Gasteiger partial charge < -0.3 is 14.6 Å². The van der Waals surface area contributed by atoms with Gasteiger partial charge in [0.2, 0.25) is 5.78 Å². The number of halogens is 1. The molecule has 150 valence electrons. The van der Waals surface area contributed by atoms with E-state index in [1.807, 2.05) is 36.7 Å². The number of Topliss-reactive ketones (excluding diaryl/α,β-unsaturated/α-hetero) is 1. The fraction of sp³-hybridized carbons (Fsp3) is 0.304. The van der Waals surface area contributed by atoms with Crippen molar-refractivity contribution in [1.82, 2.24) is 14.9 Å². The number of nitrogens with one attached hydrogen (secondary N) is 1. The number of ketones is 1. The van der Waals surface area contributed by atoms with Crippen LogP contribution in [-0.2, 0) is 26.4 Å². The molecular formula is C23H24FN3O2. The van der Waals surface area contributed by atoms with Crippen LogP contribution in [0.5, 0.6) is 5.75 Å². The zero-order valence-electron chi connectivity index (χ0n) is 16.9. The zero-order valence-corrected chi connectivity index (χ0v) is 16.9. The minimum absolute atomic E-state index is 0.0340. The first kappa shape index (κ1) is 19.3. The molecule has 2 heterocycles. The van der Waals surface area contributed by atoms with Crippen LogP contribution >= 0.6 is 0 Å². The summed E-state index contributed by atoms with van der Waals surface area (Å²) in [5.41, 5.74) is 5.05. The lowest BCUT2D eigenvalue weighted by Gasteiger charge is -2.14. The average molecular weight is 393 g/mol. The fourth-order valence-electron chi connectivity index (χ4n) is 4.00. The van der Waals surface area contributed by atoms with Gasteiger partial charge in [0.25, 0.3) is 0 Å². The minimum Gasteiger partial charge on any atom is -0.494 e. The molecule has 2 aromatic carbocycles. The highest BCUT2D eigenvalue weighted by atomic mass is 19.1. The third kappa shape index (κ3) is 3.44. The van der Waals surface area contributed by atoms with Crippen LogP contribution in [-0.4, -0.2) is 29.0 Å². The number of nitrogens with zero attached hydrogens (tertiary/aromatic N) is 2. The number of benzene rings is 2. The minimum atomic E-state index is -0.397. The Morgan fingerprint density at radius 2 is 2.00 bits per heavy atom. The topological polar surface area (TPSA) is 56.1 Å². The largest absolute Gasteiger partial charge is 0.494 e. The molecule has 6 heteroatoms. The van der Waals surface area contributed by atoms with Gasteiger partial charge in [0.1, 0.15) is 0 Å². The maximum Gasteiger partial charge on any atom is 0.202 e. The molecule has 0 saturated heterocycles. The molecule has 0 spiro atoms. The lowest BCUT2D eigenvalue weighted by Crippen LogP contribution is -2.24. The second-order valence-corrected chi connectivity index (χ2v) is 7.33. The van der Waals surface area contributed by atoms with Gasteiger partial charge in [-0.25, -0.2) is 9.37 Å². The molecule has 0 fully saturated rings. The molecule has 0 atom stereocenters. The molecule has 0 saturated carbocycles. The SMILES string of the molecule is COc1cccc(-c2cccc(CC(=O)c3nc4c(n3C)CCNC4)c2C)c1F. The summed E-state index contributed by atoms with van der Waals surface area (Å²) in [4.78, 5) is 17.6. The van der Waals surface area contributed by atoms with E-state index in [4.69, 9.17) is 4.74 Å². The van der Waals surface area contributed by atoms with Gasteiger partial charge in [-0.2, -0.15) is 0 Å². The fourth-order valence-corrected chi connectivity index (χ4v) is 4.00. The van der Waals surface area contributed by atoms with E-state index in [1.54, 1.807) is 18.2 Å². The van der Waals surface area contributed by atoms with E-state index in [0.717, 1.165) is 41.0 Å². The average Bonchev–Trinajstić information content (AvgIpc) is 3.07. The van der Waals surface area contributed by atoms with Crippen molar-refractivity contribution in [3.8, 4) is 16.9 Å². The van der Waals surface area contributed by atoms with Crippen LogP contribution in [0, 0.1) is 12.7 Å². The Bertz CT molecular complexity index is 1090. The van der Waals surface area contributed by atoms with Crippen LogP contribution < -0.4 is 10.1 Å². The van der Waals surface area contributed by atoms with E-state index in [2.05, 4.69) is 10.3 Å². The van der Waals surface area contributed by atoms with Crippen molar-refractivity contribution in [3.05, 3.63) is 70.6 Å². The van der Waals surface area contributed by atoms with Crippen LogP contribution in [0.25, 0.3) is 11.1 Å². The van der Waals surface area contributed by atoms with E-state index >= 15 is 0 Å². The summed E-state index contributed by atoms with van der Waals surface area (Å²) in [6.07, 6.45) is 1.10. The Labute approximate surface area is 169 Å². The number of methoxy groups -OCH3 is 1. The number of ether oxygens (including phenoxy) is 1. The van der Waals surface area contributed by atoms with Gasteiger partial charge in [0.05, 0.1) is 12.8 Å². The van der Waals surface area contributed by atoms with Gasteiger partial charge >= 0.3 is 0 Å². The van der Waals surface area contributed by atoms with Crippen LogP contribution in [0.3, 0.4) is 0 Å². The highest BCUT2D eigenvalue weighted by Gasteiger charge is 2.23. The van der Waals surface area contributed by atoms with E-state index in [9.17, 15) is 9.18 Å².